The van der Waals surface area contributed by atoms with Crippen LogP contribution in [0.5, 0.6) is 0 Å². The van der Waals surface area contributed by atoms with Crippen molar-refractivity contribution in [1.29, 1.82) is 0 Å². The second-order valence-electron chi connectivity index (χ2n) is 6.30. The predicted octanol–water partition coefficient (Wildman–Crippen LogP) is 3.28. The molecule has 2 amide bonds. The fourth-order valence-electron chi connectivity index (χ4n) is 4.40. The molecule has 1 saturated heterocycles. The van der Waals surface area contributed by atoms with Crippen molar-refractivity contribution in [3.8, 4) is 0 Å². The number of imide groups is 1. The minimum atomic E-state index is -0.139. The number of fused-ring (bicyclic) bond motifs is 5. The number of rotatable bonds is 1. The number of carbonyl (C=O) groups is 2. The molecule has 2 aliphatic carbocycles. The number of hydrogen-bond acceptors (Lipinski definition) is 2. The highest BCUT2D eigenvalue weighted by molar-refractivity contribution is 9.12. The minimum absolute atomic E-state index is 0.00403. The number of alkyl halides is 2. The lowest BCUT2D eigenvalue weighted by atomic mass is 9.81. The van der Waals surface area contributed by atoms with Crippen molar-refractivity contribution in [2.45, 2.75) is 23.0 Å². The van der Waals surface area contributed by atoms with E-state index in [9.17, 15) is 9.59 Å². The normalized spacial score (nSPS) is 41.0. The Labute approximate surface area is 140 Å². The first-order chi connectivity index (χ1) is 10.0. The highest BCUT2D eigenvalue weighted by Gasteiger charge is 2.66. The molecular weight excluding hydrogens is 398 g/mol. The van der Waals surface area contributed by atoms with Crippen LogP contribution in [0.3, 0.4) is 0 Å². The molecule has 1 aromatic carbocycles. The van der Waals surface area contributed by atoms with Crippen LogP contribution in [0.15, 0.2) is 24.3 Å². The van der Waals surface area contributed by atoms with Crippen molar-refractivity contribution in [1.82, 2.24) is 0 Å². The van der Waals surface area contributed by atoms with Gasteiger partial charge in [-0.15, -0.1) is 0 Å². The van der Waals surface area contributed by atoms with Crippen LogP contribution in [0.25, 0.3) is 0 Å². The SMILES string of the molecule is Cc1ccccc1N1C(=O)[C@@H]2[C@H]3C[C@@H]([C@H](Br)[C@H]3Br)[C@@H]2C1=O. The maximum Gasteiger partial charge on any atom is 0.238 e. The third-order valence-electron chi connectivity index (χ3n) is 5.34. The van der Waals surface area contributed by atoms with Gasteiger partial charge in [-0.2, -0.15) is 0 Å². The Bertz CT molecular complexity index is 615. The van der Waals surface area contributed by atoms with Gasteiger partial charge in [0.25, 0.3) is 0 Å². The Kier molecular flexibility index (Phi) is 3.09. The molecule has 1 aliphatic heterocycles. The molecule has 0 aromatic heterocycles. The minimum Gasteiger partial charge on any atom is -0.274 e. The molecule has 3 aliphatic rings. The molecule has 0 radical (unpaired) electrons. The molecule has 3 fully saturated rings. The van der Waals surface area contributed by atoms with E-state index in [1.54, 1.807) is 0 Å². The van der Waals surface area contributed by atoms with Gasteiger partial charge in [0.2, 0.25) is 11.8 Å². The Morgan fingerprint density at radius 1 is 1.00 bits per heavy atom. The Morgan fingerprint density at radius 3 is 2.05 bits per heavy atom. The maximum absolute atomic E-state index is 12.9. The lowest BCUT2D eigenvalue weighted by molar-refractivity contribution is -0.123. The molecule has 2 saturated carbocycles. The number of aryl methyl sites for hydroxylation is 1. The summed E-state index contributed by atoms with van der Waals surface area (Å²) in [5.74, 6) is 0.261. The smallest absolute Gasteiger partial charge is 0.238 e. The summed E-state index contributed by atoms with van der Waals surface area (Å²) in [6, 6.07) is 7.62. The van der Waals surface area contributed by atoms with E-state index in [-0.39, 0.29) is 45.1 Å². The van der Waals surface area contributed by atoms with Gasteiger partial charge in [-0.3, -0.25) is 9.59 Å². The Morgan fingerprint density at radius 2 is 1.52 bits per heavy atom. The highest BCUT2D eigenvalue weighted by Crippen LogP contribution is 2.60. The number of halogens is 2. The van der Waals surface area contributed by atoms with Crippen molar-refractivity contribution in [2.24, 2.45) is 23.7 Å². The fourth-order valence-corrected chi connectivity index (χ4v) is 6.27. The zero-order valence-electron chi connectivity index (χ0n) is 11.5. The monoisotopic (exact) mass is 411 g/mol. The van der Waals surface area contributed by atoms with Gasteiger partial charge in [0.05, 0.1) is 17.5 Å². The average Bonchev–Trinajstić information content (AvgIpc) is 3.06. The number of hydrogen-bond donors (Lipinski definition) is 0. The first-order valence-electron chi connectivity index (χ1n) is 7.24. The van der Waals surface area contributed by atoms with Crippen molar-refractivity contribution >= 4 is 49.4 Å². The topological polar surface area (TPSA) is 37.4 Å². The van der Waals surface area contributed by atoms with Crippen LogP contribution in [-0.2, 0) is 9.59 Å². The van der Waals surface area contributed by atoms with E-state index >= 15 is 0 Å². The van der Waals surface area contributed by atoms with E-state index in [0.717, 1.165) is 17.7 Å². The van der Waals surface area contributed by atoms with Gasteiger partial charge in [-0.1, -0.05) is 50.1 Å². The fraction of sp³-hybridized carbons (Fsp3) is 0.500. The maximum atomic E-state index is 12.9. The van der Waals surface area contributed by atoms with E-state index in [1.165, 1.54) is 4.90 Å². The van der Waals surface area contributed by atoms with E-state index in [2.05, 4.69) is 31.9 Å². The first kappa shape index (κ1) is 13.9. The van der Waals surface area contributed by atoms with Crippen molar-refractivity contribution in [2.75, 3.05) is 4.90 Å². The number of amides is 2. The van der Waals surface area contributed by atoms with Crippen molar-refractivity contribution in [3.63, 3.8) is 0 Å². The van der Waals surface area contributed by atoms with E-state index in [1.807, 2.05) is 31.2 Å². The quantitative estimate of drug-likeness (QED) is 0.524. The van der Waals surface area contributed by atoms with Gasteiger partial charge >= 0.3 is 0 Å². The van der Waals surface area contributed by atoms with Gasteiger partial charge in [0, 0.05) is 9.65 Å². The molecule has 0 unspecified atom stereocenters. The summed E-state index contributed by atoms with van der Waals surface area (Å²) >= 11 is 7.41. The Hall–Kier alpha value is -0.680. The molecular formula is C16H15Br2NO2. The third kappa shape index (κ3) is 1.70. The number of anilines is 1. The molecule has 21 heavy (non-hydrogen) atoms. The zero-order valence-corrected chi connectivity index (χ0v) is 14.7. The van der Waals surface area contributed by atoms with Gasteiger partial charge in [0.1, 0.15) is 0 Å². The third-order valence-corrected chi connectivity index (χ3v) is 8.55. The van der Waals surface area contributed by atoms with Crippen molar-refractivity contribution < 1.29 is 9.59 Å². The second-order valence-corrected chi connectivity index (χ2v) is 8.42. The molecule has 2 bridgehead atoms. The number of para-hydroxylation sites is 1. The average molecular weight is 413 g/mol. The zero-order chi connectivity index (χ0) is 14.9. The first-order valence-corrected chi connectivity index (χ1v) is 9.07. The molecule has 0 N–H and O–H groups in total. The summed E-state index contributed by atoms with van der Waals surface area (Å²) in [6.07, 6.45) is 0.972. The number of carbonyl (C=O) groups excluding carboxylic acids is 2. The van der Waals surface area contributed by atoms with Crippen LogP contribution in [-0.4, -0.2) is 21.5 Å². The van der Waals surface area contributed by atoms with Gasteiger partial charge in [-0.05, 0) is 36.8 Å². The van der Waals surface area contributed by atoms with E-state index in [0.29, 0.717) is 0 Å². The molecule has 3 nitrogen and oxygen atoms in total. The molecule has 1 heterocycles. The van der Waals surface area contributed by atoms with E-state index < -0.39 is 0 Å². The van der Waals surface area contributed by atoms with Gasteiger partial charge in [-0.25, -0.2) is 4.90 Å². The number of nitrogens with zero attached hydrogens (tertiary/aromatic N) is 1. The molecule has 110 valence electrons. The lowest BCUT2D eigenvalue weighted by Gasteiger charge is -2.28. The summed E-state index contributed by atoms with van der Waals surface area (Å²) in [4.78, 5) is 27.7. The molecule has 4 rings (SSSR count). The van der Waals surface area contributed by atoms with E-state index in [4.69, 9.17) is 0 Å². The predicted molar refractivity (Wildman–Crippen MR) is 87.7 cm³/mol. The van der Waals surface area contributed by atoms with Gasteiger partial charge in [0.15, 0.2) is 0 Å². The second kappa shape index (κ2) is 4.66. The molecule has 0 spiro atoms. The van der Waals surface area contributed by atoms with Crippen LogP contribution < -0.4 is 4.90 Å². The van der Waals surface area contributed by atoms with Crippen LogP contribution in [0.1, 0.15) is 12.0 Å². The summed E-state index contributed by atoms with van der Waals surface area (Å²) < 4.78 is 0. The molecule has 6 atom stereocenters. The van der Waals surface area contributed by atoms with Crippen LogP contribution in [0.2, 0.25) is 0 Å². The number of benzene rings is 1. The highest BCUT2D eigenvalue weighted by atomic mass is 79.9. The van der Waals surface area contributed by atoms with Crippen LogP contribution in [0, 0.1) is 30.6 Å². The standard InChI is InChI=1S/C16H15Br2NO2/c1-7-4-2-3-5-10(7)19-15(20)11-8-6-9(12(11)16(19)21)14(18)13(8)17/h2-5,8-9,11-14H,6H2,1H3/t8-,9-,11-,12+,13+,14+/m1/s1. The largest absolute Gasteiger partial charge is 0.274 e. The Balaban J connectivity index is 1.77. The molecule has 5 heteroatoms. The lowest BCUT2D eigenvalue weighted by Crippen LogP contribution is -2.37. The summed E-state index contributed by atoms with van der Waals surface area (Å²) in [5.41, 5.74) is 1.72. The van der Waals surface area contributed by atoms with Crippen LogP contribution in [0.4, 0.5) is 5.69 Å². The van der Waals surface area contributed by atoms with Crippen LogP contribution >= 0.6 is 31.9 Å². The molecule has 1 aromatic rings. The summed E-state index contributed by atoms with van der Waals surface area (Å²) in [6.45, 7) is 1.94. The summed E-state index contributed by atoms with van der Waals surface area (Å²) in [7, 11) is 0. The van der Waals surface area contributed by atoms with Gasteiger partial charge < -0.3 is 0 Å². The van der Waals surface area contributed by atoms with Crippen molar-refractivity contribution in [3.05, 3.63) is 29.8 Å². The summed E-state index contributed by atoms with van der Waals surface area (Å²) in [5, 5.41) is 0.